The molecule has 0 aliphatic heterocycles. The number of likely N-dealkylation sites (N-methyl/N-ethyl adjacent to an activating group) is 1. The molecule has 6 nitrogen and oxygen atoms in total. The van der Waals surface area contributed by atoms with Crippen LogP contribution in [0.5, 0.6) is 0 Å². The van der Waals surface area contributed by atoms with Gasteiger partial charge in [0.25, 0.3) is 10.1 Å². The van der Waals surface area contributed by atoms with E-state index in [4.69, 9.17) is 0 Å². The molecule has 0 radical (unpaired) electrons. The van der Waals surface area contributed by atoms with Crippen molar-refractivity contribution in [2.45, 2.75) is 6.92 Å². The number of hydrogen-bond donors (Lipinski definition) is 0. The minimum absolute atomic E-state index is 0.0614. The Bertz CT molecular complexity index is 274. The van der Waals surface area contributed by atoms with Crippen LogP contribution < -0.4 is 0 Å². The summed E-state index contributed by atoms with van der Waals surface area (Å²) >= 11 is 0. The van der Waals surface area contributed by atoms with Crippen LogP contribution in [0, 0.1) is 0 Å². The van der Waals surface area contributed by atoms with E-state index < -0.39 is 16.2 Å². The van der Waals surface area contributed by atoms with Crippen molar-refractivity contribution in [3.05, 3.63) is 0 Å². The molecular weight excluding hydrogens is 210 g/mol. The summed E-state index contributed by atoms with van der Waals surface area (Å²) in [6.45, 7) is 2.09. The second kappa shape index (κ2) is 5.82. The molecule has 0 heterocycles. The van der Waals surface area contributed by atoms with Crippen molar-refractivity contribution in [1.29, 1.82) is 0 Å². The molecule has 0 unspecified atom stereocenters. The zero-order valence-electron chi connectivity index (χ0n) is 8.52. The van der Waals surface area contributed by atoms with Crippen LogP contribution in [0.2, 0.25) is 0 Å². The maximum absolute atomic E-state index is 11.0. The highest BCUT2D eigenvalue weighted by Crippen LogP contribution is 1.92. The molecule has 0 bridgehead atoms. The lowest BCUT2D eigenvalue weighted by molar-refractivity contribution is 0.111. The third-order valence-corrected chi connectivity index (χ3v) is 1.90. The van der Waals surface area contributed by atoms with Crippen LogP contribution in [0.1, 0.15) is 6.92 Å². The maximum Gasteiger partial charge on any atom is 0.409 e. The maximum atomic E-state index is 11.0. The molecule has 0 aromatic rings. The van der Waals surface area contributed by atoms with Crippen LogP contribution in [0.3, 0.4) is 0 Å². The van der Waals surface area contributed by atoms with Gasteiger partial charge in [-0.05, 0) is 6.92 Å². The van der Waals surface area contributed by atoms with E-state index in [9.17, 15) is 13.2 Å². The summed E-state index contributed by atoms with van der Waals surface area (Å²) in [7, 11) is -1.93. The Morgan fingerprint density at radius 2 is 2.00 bits per heavy atom. The summed E-state index contributed by atoms with van der Waals surface area (Å²) in [5.41, 5.74) is 0. The molecule has 0 fully saturated rings. The Morgan fingerprint density at radius 1 is 1.43 bits per heavy atom. The minimum atomic E-state index is -3.44. The molecule has 0 saturated heterocycles. The first-order chi connectivity index (χ1) is 6.37. The number of rotatable bonds is 5. The first-order valence-corrected chi connectivity index (χ1v) is 5.90. The molecule has 0 aliphatic rings. The lowest BCUT2D eigenvalue weighted by Gasteiger charge is -2.15. The van der Waals surface area contributed by atoms with E-state index in [2.05, 4.69) is 8.92 Å². The number of carbonyl (C=O) groups excluding carboxylic acids is 1. The van der Waals surface area contributed by atoms with Gasteiger partial charge in [0.15, 0.2) is 0 Å². The number of nitrogens with zero attached hydrogens (tertiary/aromatic N) is 1. The largest absolute Gasteiger partial charge is 0.450 e. The zero-order chi connectivity index (χ0) is 11.2. The van der Waals surface area contributed by atoms with E-state index in [1.807, 2.05) is 0 Å². The van der Waals surface area contributed by atoms with E-state index in [1.54, 1.807) is 6.92 Å². The minimum Gasteiger partial charge on any atom is -0.450 e. The normalized spacial score (nSPS) is 11.1. The molecule has 7 heteroatoms. The fraction of sp³-hybridized carbons (Fsp3) is 0.857. The average Bonchev–Trinajstić information content (AvgIpc) is 2.02. The monoisotopic (exact) mass is 225 g/mol. The molecule has 0 aromatic carbocycles. The Labute approximate surface area is 83.9 Å². The van der Waals surface area contributed by atoms with Gasteiger partial charge in [0.2, 0.25) is 0 Å². The Hall–Kier alpha value is -0.820. The van der Waals surface area contributed by atoms with Crippen molar-refractivity contribution >= 4 is 16.2 Å². The van der Waals surface area contributed by atoms with E-state index >= 15 is 0 Å². The lowest BCUT2D eigenvalue weighted by atomic mass is 10.6. The van der Waals surface area contributed by atoms with Gasteiger partial charge in [0, 0.05) is 13.6 Å². The van der Waals surface area contributed by atoms with Gasteiger partial charge in [0.1, 0.15) is 0 Å². The van der Waals surface area contributed by atoms with Crippen LogP contribution in [0.4, 0.5) is 4.79 Å². The van der Waals surface area contributed by atoms with Gasteiger partial charge >= 0.3 is 6.09 Å². The molecule has 84 valence electrons. The fourth-order valence-corrected chi connectivity index (χ4v) is 1.03. The summed E-state index contributed by atoms with van der Waals surface area (Å²) in [5.74, 6) is 0. The highest BCUT2D eigenvalue weighted by Gasteiger charge is 2.09. The zero-order valence-corrected chi connectivity index (χ0v) is 9.33. The standard InChI is InChI=1S/C7H15NO5S/c1-4-12-7(9)8(2)5-6-13-14(3,10)11/h4-6H2,1-3H3. The third kappa shape index (κ3) is 6.67. The molecule has 0 rings (SSSR count). The van der Waals surface area contributed by atoms with Crippen LogP contribution in [-0.4, -0.2) is 52.5 Å². The summed E-state index contributed by atoms with van der Waals surface area (Å²) in [4.78, 5) is 12.2. The first-order valence-electron chi connectivity index (χ1n) is 4.09. The second-order valence-corrected chi connectivity index (χ2v) is 4.29. The second-order valence-electron chi connectivity index (χ2n) is 2.65. The summed E-state index contributed by atoms with van der Waals surface area (Å²) in [6, 6.07) is 0. The van der Waals surface area contributed by atoms with Crippen LogP contribution in [0.25, 0.3) is 0 Å². The van der Waals surface area contributed by atoms with Crippen molar-refractivity contribution in [2.75, 3.05) is 33.1 Å². The smallest absolute Gasteiger partial charge is 0.409 e. The van der Waals surface area contributed by atoms with Gasteiger partial charge < -0.3 is 9.64 Å². The van der Waals surface area contributed by atoms with Crippen molar-refractivity contribution in [2.24, 2.45) is 0 Å². The van der Waals surface area contributed by atoms with E-state index in [-0.39, 0.29) is 19.8 Å². The molecule has 0 spiro atoms. The predicted octanol–water partition coefficient (Wildman–Crippen LogP) is 0.0509. The highest BCUT2D eigenvalue weighted by atomic mass is 32.2. The lowest BCUT2D eigenvalue weighted by Crippen LogP contribution is -2.31. The number of carbonyl (C=O) groups is 1. The molecule has 0 saturated carbocycles. The Morgan fingerprint density at radius 3 is 2.43 bits per heavy atom. The Balaban J connectivity index is 3.74. The average molecular weight is 225 g/mol. The van der Waals surface area contributed by atoms with Gasteiger partial charge in [-0.2, -0.15) is 8.42 Å². The van der Waals surface area contributed by atoms with Gasteiger partial charge in [-0.25, -0.2) is 4.79 Å². The van der Waals surface area contributed by atoms with Crippen LogP contribution >= 0.6 is 0 Å². The van der Waals surface area contributed by atoms with Crippen molar-refractivity contribution < 1.29 is 22.1 Å². The van der Waals surface area contributed by atoms with Crippen LogP contribution in [-0.2, 0) is 19.0 Å². The van der Waals surface area contributed by atoms with Gasteiger partial charge in [-0.3, -0.25) is 4.18 Å². The topological polar surface area (TPSA) is 72.9 Å². The van der Waals surface area contributed by atoms with Gasteiger partial charge in [0.05, 0.1) is 19.5 Å². The van der Waals surface area contributed by atoms with E-state index in [0.29, 0.717) is 0 Å². The van der Waals surface area contributed by atoms with Gasteiger partial charge in [-0.1, -0.05) is 0 Å². The van der Waals surface area contributed by atoms with E-state index in [1.165, 1.54) is 11.9 Å². The molecule has 1 amide bonds. The van der Waals surface area contributed by atoms with Crippen LogP contribution in [0.15, 0.2) is 0 Å². The van der Waals surface area contributed by atoms with Crippen molar-refractivity contribution in [3.63, 3.8) is 0 Å². The SMILES string of the molecule is CCOC(=O)N(C)CCOS(C)(=O)=O. The summed E-state index contributed by atoms with van der Waals surface area (Å²) in [5, 5.41) is 0. The molecule has 0 aliphatic carbocycles. The van der Waals surface area contributed by atoms with Crippen molar-refractivity contribution in [1.82, 2.24) is 4.90 Å². The number of amides is 1. The molecule has 0 aromatic heterocycles. The third-order valence-electron chi connectivity index (χ3n) is 1.30. The van der Waals surface area contributed by atoms with Crippen molar-refractivity contribution in [3.8, 4) is 0 Å². The summed E-state index contributed by atoms with van der Waals surface area (Å²) < 4.78 is 30.2. The molecular formula is C7H15NO5S. The number of hydrogen-bond acceptors (Lipinski definition) is 5. The Kier molecular flexibility index (Phi) is 5.47. The quantitative estimate of drug-likeness (QED) is 0.618. The fourth-order valence-electron chi connectivity index (χ4n) is 0.651. The summed E-state index contributed by atoms with van der Waals surface area (Å²) in [6.07, 6.45) is 0.460. The molecule has 0 atom stereocenters. The van der Waals surface area contributed by atoms with Gasteiger partial charge in [-0.15, -0.1) is 0 Å². The van der Waals surface area contributed by atoms with E-state index in [0.717, 1.165) is 6.26 Å². The molecule has 0 N–H and O–H groups in total. The molecule has 14 heavy (non-hydrogen) atoms. The number of ether oxygens (including phenoxy) is 1. The highest BCUT2D eigenvalue weighted by molar-refractivity contribution is 7.85. The predicted molar refractivity (Wildman–Crippen MR) is 50.4 cm³/mol. The first kappa shape index (κ1) is 13.2.